The van der Waals surface area contributed by atoms with Gasteiger partial charge in [0.05, 0.1) is 25.0 Å². The summed E-state index contributed by atoms with van der Waals surface area (Å²) in [5.41, 5.74) is 14.7. The van der Waals surface area contributed by atoms with Gasteiger partial charge in [-0.15, -0.1) is 0 Å². The summed E-state index contributed by atoms with van der Waals surface area (Å²) in [5.74, 6) is 1.39. The van der Waals surface area contributed by atoms with E-state index in [0.717, 1.165) is 53.0 Å². The number of ether oxygens (including phenoxy) is 2. The second-order valence-corrected chi connectivity index (χ2v) is 27.2. The summed E-state index contributed by atoms with van der Waals surface area (Å²) in [6.45, 7) is 20.8. The van der Waals surface area contributed by atoms with Crippen LogP contribution in [-0.2, 0) is 27.1 Å². The van der Waals surface area contributed by atoms with Gasteiger partial charge in [0.1, 0.15) is 45.2 Å². The monoisotopic (exact) mass is 1400 g/mol. The van der Waals surface area contributed by atoms with E-state index in [2.05, 4.69) is 61.7 Å². The molecule has 8 aromatic heterocycles. The molecule has 11 aromatic rings. The molecule has 30 heteroatoms. The van der Waals surface area contributed by atoms with Gasteiger partial charge in [0.2, 0.25) is 23.4 Å². The number of hydrogen-bond donors (Lipinski definition) is 7. The molecular weight excluding hydrogens is 1320 g/mol. The number of aliphatic carboxylic acids is 1. The number of anilines is 3. The number of nitrogens with zero attached hydrogens (tertiary/aromatic N) is 13. The zero-order valence-corrected chi connectivity index (χ0v) is 58.3. The third-order valence-electron chi connectivity index (χ3n) is 16.7. The van der Waals surface area contributed by atoms with Gasteiger partial charge < -0.3 is 65.6 Å². The summed E-state index contributed by atoms with van der Waals surface area (Å²) in [5, 5.41) is 40.5. The van der Waals surface area contributed by atoms with Crippen LogP contribution in [0.3, 0.4) is 0 Å². The highest BCUT2D eigenvalue weighted by atomic mass is 16.6. The Hall–Kier alpha value is -12.3. The molecule has 5 amide bonds. The molecule has 30 nitrogen and oxygen atoms in total. The van der Waals surface area contributed by atoms with Gasteiger partial charge in [0, 0.05) is 103 Å². The molecule has 0 radical (unpaired) electrons. The van der Waals surface area contributed by atoms with E-state index >= 15 is 0 Å². The van der Waals surface area contributed by atoms with Crippen molar-refractivity contribution in [3.05, 3.63) is 197 Å². The van der Waals surface area contributed by atoms with E-state index in [1.807, 2.05) is 139 Å². The van der Waals surface area contributed by atoms with Crippen molar-refractivity contribution >= 4 is 75.7 Å². The Kier molecular flexibility index (Phi) is 21.7. The molecule has 3 aliphatic heterocycles. The van der Waals surface area contributed by atoms with Crippen LogP contribution >= 0.6 is 0 Å². The van der Waals surface area contributed by atoms with Crippen LogP contribution in [-0.4, -0.2) is 161 Å². The van der Waals surface area contributed by atoms with Gasteiger partial charge in [-0.2, -0.15) is 9.97 Å². The van der Waals surface area contributed by atoms with Gasteiger partial charge >= 0.3 is 18.2 Å². The van der Waals surface area contributed by atoms with Gasteiger partial charge in [0.15, 0.2) is 5.84 Å². The van der Waals surface area contributed by atoms with E-state index in [4.69, 9.17) is 34.6 Å². The summed E-state index contributed by atoms with van der Waals surface area (Å²) in [6.07, 6.45) is 10.9. The highest BCUT2D eigenvalue weighted by Crippen LogP contribution is 2.30. The Bertz CT molecular complexity index is 4940. The van der Waals surface area contributed by atoms with Crippen molar-refractivity contribution in [3.63, 3.8) is 0 Å². The maximum absolute atomic E-state index is 12.9. The Balaban J connectivity index is 0.000000144. The largest absolute Gasteiger partial charge is 0.481 e. The molecule has 0 aliphatic carbocycles. The van der Waals surface area contributed by atoms with Crippen LogP contribution in [0.2, 0.25) is 0 Å². The number of carboxylic acids is 1. The molecule has 3 fully saturated rings. The number of benzene rings is 3. The number of aromatic nitrogens is 10. The number of nitrogens with two attached hydrogens (primary N) is 1. The molecular formula is C73H80N18O12. The number of hydrogen-bond acceptors (Lipinski definition) is 20. The minimum Gasteiger partial charge on any atom is -0.481 e. The predicted octanol–water partition coefficient (Wildman–Crippen LogP) is 10.4. The standard InChI is InChI=1S/C26H28N6O4.C21H20N6O2.C16H15N5O2.C10H17NO4/c1-16-8-9-18(12-19(16)28-24(33)20-13-27-21-7-5-6-10-32(20)21)23-29-22(36-30-23)11-17-14-31(15-17)25(34)35-26(2,3)4;1-13-5-6-15(20-25-19(29-26-20)8-14-10-22-11-14)9-16(13)24-21(28)17-12-23-18-4-2-3-7-27(17)18;1-10-5-6-11(15(17)20-23)8-12(10)19-16(22)13-9-18-14-4-2-3-7-21(13)14;1-10(2,3)15-9(14)11-5-7(6-11)4-8(12)13/h5-10,12-13,17H,11,14-15H2,1-4H3,(H,28,33);2-7,9,12,14,22H,8,10-11H2,1H3,(H,24,28);2-9,23H,1H3,(H2,17,20)(H,19,22);7H,4-6H2,1-3H3,(H,12,13). The SMILES string of the molecule is CC(C)(C)OC(=O)N1CC(CC(=O)O)C1.Cc1ccc(-c2noc(CC3CN(C(=O)OC(C)(C)C)C3)n2)cc1NC(=O)c1cnc2ccccn12.Cc1ccc(-c2noc(CC3CNC3)n2)cc1NC(=O)c1cnc2ccccn12.Cc1ccc(/C(N)=N/O)cc1NC(=O)c1cnc2ccccn12. The topological polar surface area (TPSA) is 384 Å². The maximum atomic E-state index is 12.9. The summed E-state index contributed by atoms with van der Waals surface area (Å²) in [6, 6.07) is 33.2. The number of imidazole rings is 3. The number of oxime groups is 1. The van der Waals surface area contributed by atoms with Crippen molar-refractivity contribution in [2.24, 2.45) is 28.6 Å². The average Bonchev–Trinajstić information content (AvgIpc) is 1.73. The highest BCUT2D eigenvalue weighted by molar-refractivity contribution is 6.06. The fourth-order valence-corrected chi connectivity index (χ4v) is 11.1. The lowest BCUT2D eigenvalue weighted by Crippen LogP contribution is -2.52. The first-order chi connectivity index (χ1) is 49.2. The quantitative estimate of drug-likeness (QED) is 0.0217. The van der Waals surface area contributed by atoms with E-state index in [9.17, 15) is 28.8 Å². The van der Waals surface area contributed by atoms with E-state index in [1.54, 1.807) is 81.9 Å². The average molecular weight is 1400 g/mol. The highest BCUT2D eigenvalue weighted by Gasteiger charge is 2.36. The molecule has 8 N–H and O–H groups in total. The predicted molar refractivity (Wildman–Crippen MR) is 381 cm³/mol. The number of pyridine rings is 3. The van der Waals surface area contributed by atoms with Crippen molar-refractivity contribution in [1.29, 1.82) is 0 Å². The number of carboxylic acid groups (broad SMARTS) is 1. The molecule has 103 heavy (non-hydrogen) atoms. The molecule has 3 aliphatic rings. The van der Waals surface area contributed by atoms with E-state index in [1.165, 1.54) is 11.1 Å². The van der Waals surface area contributed by atoms with Crippen molar-refractivity contribution in [2.45, 2.75) is 92.8 Å². The minimum atomic E-state index is -0.816. The van der Waals surface area contributed by atoms with E-state index in [-0.39, 0.29) is 54.0 Å². The molecule has 0 atom stereocenters. The van der Waals surface area contributed by atoms with Gasteiger partial charge in [-0.25, -0.2) is 24.5 Å². The Morgan fingerprint density at radius 2 is 0.942 bits per heavy atom. The molecule has 3 saturated heterocycles. The van der Waals surface area contributed by atoms with E-state index < -0.39 is 17.2 Å². The smallest absolute Gasteiger partial charge is 0.410 e. The zero-order chi connectivity index (χ0) is 73.3. The van der Waals surface area contributed by atoms with Crippen LogP contribution in [0.1, 0.15) is 113 Å². The number of likely N-dealkylation sites (tertiary alicyclic amines) is 2. The van der Waals surface area contributed by atoms with Crippen molar-refractivity contribution in [3.8, 4) is 22.8 Å². The first-order valence-corrected chi connectivity index (χ1v) is 33.3. The van der Waals surface area contributed by atoms with Gasteiger partial charge in [-0.1, -0.05) is 70.1 Å². The summed E-state index contributed by atoms with van der Waals surface area (Å²) in [7, 11) is 0. The number of amides is 5. The normalized spacial score (nSPS) is 14.0. The minimum absolute atomic E-state index is 0.0182. The van der Waals surface area contributed by atoms with Crippen LogP contribution < -0.4 is 27.0 Å². The second-order valence-electron chi connectivity index (χ2n) is 27.2. The molecule has 0 spiro atoms. The number of fused-ring (bicyclic) bond motifs is 3. The van der Waals surface area contributed by atoms with Gasteiger partial charge in [0.25, 0.3) is 17.7 Å². The first-order valence-electron chi connectivity index (χ1n) is 33.3. The van der Waals surface area contributed by atoms with Gasteiger partial charge in [-0.3, -0.25) is 32.4 Å². The fourth-order valence-electron chi connectivity index (χ4n) is 11.1. The van der Waals surface area contributed by atoms with Crippen LogP contribution in [0, 0.1) is 38.5 Å². The number of carbonyl (C=O) groups excluding carboxylic acids is 5. The molecule has 534 valence electrons. The summed E-state index contributed by atoms with van der Waals surface area (Å²) < 4.78 is 26.6. The Morgan fingerprint density at radius 3 is 1.32 bits per heavy atom. The molecule has 0 unspecified atom stereocenters. The van der Waals surface area contributed by atoms with Crippen LogP contribution in [0.25, 0.3) is 39.7 Å². The lowest BCUT2D eigenvalue weighted by Gasteiger charge is -2.39. The van der Waals surface area contributed by atoms with Crippen LogP contribution in [0.5, 0.6) is 0 Å². The van der Waals surface area contributed by atoms with Crippen molar-refractivity contribution in [2.75, 3.05) is 55.2 Å². The molecule has 3 aromatic carbocycles. The number of carbonyl (C=O) groups is 6. The Labute approximate surface area is 591 Å². The van der Waals surface area contributed by atoms with Crippen molar-refractivity contribution in [1.82, 2.24) is 63.6 Å². The molecule has 11 heterocycles. The fraction of sp³-hybridized carbons (Fsp3) is 0.315. The van der Waals surface area contributed by atoms with Crippen LogP contribution in [0.4, 0.5) is 26.7 Å². The lowest BCUT2D eigenvalue weighted by atomic mass is 9.97. The molecule has 0 saturated carbocycles. The molecule has 14 rings (SSSR count). The van der Waals surface area contributed by atoms with E-state index in [0.29, 0.717) is 113 Å². The third kappa shape index (κ3) is 18.2. The lowest BCUT2D eigenvalue weighted by molar-refractivity contribution is -0.139. The first kappa shape index (κ1) is 71.9. The number of rotatable bonds is 15. The summed E-state index contributed by atoms with van der Waals surface area (Å²) in [4.78, 5) is 97.2. The van der Waals surface area contributed by atoms with Crippen molar-refractivity contribution < 1.29 is 57.6 Å². The Morgan fingerprint density at radius 1 is 0.553 bits per heavy atom. The zero-order valence-electron chi connectivity index (χ0n) is 58.3. The summed E-state index contributed by atoms with van der Waals surface area (Å²) >= 11 is 0. The third-order valence-corrected chi connectivity index (χ3v) is 16.7. The van der Waals surface area contributed by atoms with Gasteiger partial charge in [-0.05, 0) is 153 Å². The number of aryl methyl sites for hydroxylation is 3. The maximum Gasteiger partial charge on any atom is 0.410 e. The molecule has 0 bridgehead atoms. The number of amidine groups is 1. The second kappa shape index (κ2) is 31.0. The number of nitrogens with one attached hydrogen (secondary N) is 4. The van der Waals surface area contributed by atoms with Crippen LogP contribution in [0.15, 0.2) is 161 Å².